The van der Waals surface area contributed by atoms with Crippen molar-refractivity contribution in [2.45, 2.75) is 32.0 Å². The number of nitrogens with zero attached hydrogens (tertiary/aromatic N) is 4. The topological polar surface area (TPSA) is 91.4 Å². The molecule has 3 N–H and O–H groups in total. The number of halogens is 3. The van der Waals surface area contributed by atoms with Crippen LogP contribution in [-0.4, -0.2) is 43.4 Å². The Labute approximate surface area is 185 Å². The highest BCUT2D eigenvalue weighted by atomic mass is 32.1. The van der Waals surface area contributed by atoms with E-state index in [-0.39, 0.29) is 17.7 Å². The lowest BCUT2D eigenvalue weighted by Gasteiger charge is -2.24. The average Bonchev–Trinajstić information content (AvgIpc) is 3.39. The first-order valence-electron chi connectivity index (χ1n) is 10.2. The summed E-state index contributed by atoms with van der Waals surface area (Å²) in [5.41, 5.74) is 2.23. The predicted octanol–water partition coefficient (Wildman–Crippen LogP) is 4.63. The van der Waals surface area contributed by atoms with Crippen LogP contribution >= 0.6 is 11.5 Å². The number of pyridine rings is 1. The highest BCUT2D eigenvalue weighted by Gasteiger charge is 2.36. The summed E-state index contributed by atoms with van der Waals surface area (Å²) in [5, 5.41) is 8.88. The van der Waals surface area contributed by atoms with Crippen molar-refractivity contribution in [1.82, 2.24) is 29.6 Å². The van der Waals surface area contributed by atoms with Crippen molar-refractivity contribution in [1.29, 1.82) is 0 Å². The number of nitrogens with one attached hydrogen (secondary N) is 3. The Morgan fingerprint density at radius 1 is 1.19 bits per heavy atom. The smallest absolute Gasteiger partial charge is 0.350 e. The number of aryl methyl sites for hydroxylation is 1. The third-order valence-electron chi connectivity index (χ3n) is 5.54. The summed E-state index contributed by atoms with van der Waals surface area (Å²) < 4.78 is 45.6. The van der Waals surface area contributed by atoms with Gasteiger partial charge in [0.1, 0.15) is 11.2 Å². The van der Waals surface area contributed by atoms with Crippen molar-refractivity contribution >= 4 is 28.5 Å². The lowest BCUT2D eigenvalue weighted by Crippen LogP contribution is -2.38. The van der Waals surface area contributed by atoms with Gasteiger partial charge in [-0.3, -0.25) is 0 Å². The first-order chi connectivity index (χ1) is 15.4. The van der Waals surface area contributed by atoms with E-state index in [2.05, 4.69) is 34.9 Å². The summed E-state index contributed by atoms with van der Waals surface area (Å²) in [6.45, 7) is 3.55. The minimum absolute atomic E-state index is 0.0722. The highest BCUT2D eigenvalue weighted by Crippen LogP contribution is 2.39. The number of H-pyrrole nitrogens is 1. The van der Waals surface area contributed by atoms with Crippen LogP contribution in [0.5, 0.6) is 0 Å². The molecule has 1 atom stereocenters. The molecular weight excluding hydrogens is 439 g/mol. The van der Waals surface area contributed by atoms with Crippen LogP contribution in [0.2, 0.25) is 0 Å². The van der Waals surface area contributed by atoms with Crippen LogP contribution in [0.4, 0.5) is 19.1 Å². The van der Waals surface area contributed by atoms with Crippen molar-refractivity contribution in [3.05, 3.63) is 41.2 Å². The fourth-order valence-electron chi connectivity index (χ4n) is 3.91. The first-order valence-corrected chi connectivity index (χ1v) is 11.0. The standard InChI is InChI=1S/C21H20F3N7S/c1-11-15(10-32-31-11)17-5-4-13-14(8-26-19(13)29-17)18-16(21(22,23)24)9-27-20(30-18)28-12-3-2-6-25-7-12/h4-5,8-10,12,25H,2-3,6-7H2,1H3,(H,26,29)(H,27,28,30)/t12-/m0/s1. The molecule has 0 aliphatic carbocycles. The Morgan fingerprint density at radius 2 is 2.06 bits per heavy atom. The van der Waals surface area contributed by atoms with Crippen molar-refractivity contribution < 1.29 is 13.2 Å². The molecule has 1 fully saturated rings. The van der Waals surface area contributed by atoms with Gasteiger partial charge in [-0.05, 0) is 50.0 Å². The van der Waals surface area contributed by atoms with Crippen LogP contribution in [0, 0.1) is 6.92 Å². The van der Waals surface area contributed by atoms with Crippen molar-refractivity contribution in [3.8, 4) is 22.5 Å². The number of aromatic amines is 1. The van der Waals surface area contributed by atoms with Crippen LogP contribution in [0.3, 0.4) is 0 Å². The molecule has 0 spiro atoms. The fourth-order valence-corrected chi connectivity index (χ4v) is 4.62. The Hall–Kier alpha value is -3.05. The average molecular weight is 460 g/mol. The zero-order valence-electron chi connectivity index (χ0n) is 17.1. The molecule has 4 aromatic heterocycles. The van der Waals surface area contributed by atoms with Gasteiger partial charge in [-0.1, -0.05) is 0 Å². The van der Waals surface area contributed by atoms with E-state index < -0.39 is 11.7 Å². The third kappa shape index (κ3) is 3.93. The zero-order chi connectivity index (χ0) is 22.3. The molecule has 7 nitrogen and oxygen atoms in total. The summed E-state index contributed by atoms with van der Waals surface area (Å²) >= 11 is 1.34. The fraction of sp³-hybridized carbons (Fsp3) is 0.333. The molecule has 0 aromatic carbocycles. The molecule has 166 valence electrons. The second-order valence-electron chi connectivity index (χ2n) is 7.75. The van der Waals surface area contributed by atoms with Gasteiger partial charge in [-0.2, -0.15) is 17.5 Å². The monoisotopic (exact) mass is 459 g/mol. The molecule has 5 rings (SSSR count). The molecule has 0 bridgehead atoms. The Bertz CT molecular complexity index is 1260. The second kappa shape index (κ2) is 8.14. The SMILES string of the molecule is Cc1nscc1-c1ccc2c(-c3nc(N[C@H]4CCCNC4)ncc3C(F)(F)F)c[nH]c2n1. The van der Waals surface area contributed by atoms with E-state index in [4.69, 9.17) is 0 Å². The number of alkyl halides is 3. The molecule has 1 saturated heterocycles. The van der Waals surface area contributed by atoms with Crippen molar-refractivity contribution in [2.75, 3.05) is 18.4 Å². The minimum atomic E-state index is -4.59. The van der Waals surface area contributed by atoms with E-state index in [1.54, 1.807) is 12.1 Å². The molecular formula is C21H20F3N7S. The van der Waals surface area contributed by atoms with Gasteiger partial charge in [0.15, 0.2) is 0 Å². The van der Waals surface area contributed by atoms with Crippen LogP contribution < -0.4 is 10.6 Å². The maximum atomic E-state index is 13.8. The van der Waals surface area contributed by atoms with Gasteiger partial charge in [-0.25, -0.2) is 15.0 Å². The summed E-state index contributed by atoms with van der Waals surface area (Å²) in [6.07, 6.45) is -0.327. The van der Waals surface area contributed by atoms with Gasteiger partial charge >= 0.3 is 6.18 Å². The van der Waals surface area contributed by atoms with E-state index in [1.165, 1.54) is 17.7 Å². The molecule has 0 radical (unpaired) electrons. The van der Waals surface area contributed by atoms with E-state index in [0.29, 0.717) is 22.3 Å². The van der Waals surface area contributed by atoms with Gasteiger partial charge in [0.05, 0.1) is 17.1 Å². The molecule has 0 saturated carbocycles. The predicted molar refractivity (Wildman–Crippen MR) is 117 cm³/mol. The van der Waals surface area contributed by atoms with Crippen molar-refractivity contribution in [3.63, 3.8) is 0 Å². The molecule has 5 heterocycles. The summed E-state index contributed by atoms with van der Waals surface area (Å²) in [4.78, 5) is 15.8. The molecule has 0 amide bonds. The van der Waals surface area contributed by atoms with Gasteiger partial charge in [-0.15, -0.1) is 0 Å². The van der Waals surface area contributed by atoms with E-state index in [9.17, 15) is 13.2 Å². The van der Waals surface area contributed by atoms with Crippen molar-refractivity contribution in [2.24, 2.45) is 0 Å². The van der Waals surface area contributed by atoms with Crippen LogP contribution in [-0.2, 0) is 6.18 Å². The normalized spacial score (nSPS) is 17.1. The lowest BCUT2D eigenvalue weighted by molar-refractivity contribution is -0.137. The number of hydrogen-bond acceptors (Lipinski definition) is 7. The first kappa shape index (κ1) is 20.8. The second-order valence-corrected chi connectivity index (χ2v) is 8.38. The minimum Gasteiger partial charge on any atom is -0.350 e. The molecule has 32 heavy (non-hydrogen) atoms. The highest BCUT2D eigenvalue weighted by molar-refractivity contribution is 7.04. The number of hydrogen-bond donors (Lipinski definition) is 3. The van der Waals surface area contributed by atoms with Gasteiger partial charge in [0.2, 0.25) is 5.95 Å². The summed E-state index contributed by atoms with van der Waals surface area (Å²) in [5.74, 6) is 0.181. The quantitative estimate of drug-likeness (QED) is 0.412. The van der Waals surface area contributed by atoms with Crippen LogP contribution in [0.1, 0.15) is 24.1 Å². The number of aromatic nitrogens is 5. The molecule has 4 aromatic rings. The van der Waals surface area contributed by atoms with E-state index >= 15 is 0 Å². The van der Waals surface area contributed by atoms with E-state index in [0.717, 1.165) is 43.4 Å². The molecule has 0 unspecified atom stereocenters. The Kier molecular flexibility index (Phi) is 5.30. The third-order valence-corrected chi connectivity index (χ3v) is 6.26. The number of rotatable bonds is 4. The van der Waals surface area contributed by atoms with Gasteiger partial charge in [0, 0.05) is 46.9 Å². The molecule has 1 aliphatic rings. The summed E-state index contributed by atoms with van der Waals surface area (Å²) in [7, 11) is 0. The van der Waals surface area contributed by atoms with Gasteiger partial charge in [0.25, 0.3) is 0 Å². The van der Waals surface area contributed by atoms with Crippen LogP contribution in [0.15, 0.2) is 29.9 Å². The maximum absolute atomic E-state index is 13.8. The Morgan fingerprint density at radius 3 is 2.78 bits per heavy atom. The molecule has 1 aliphatic heterocycles. The number of anilines is 1. The lowest BCUT2D eigenvalue weighted by atomic mass is 10.1. The maximum Gasteiger partial charge on any atom is 0.419 e. The largest absolute Gasteiger partial charge is 0.419 e. The molecule has 11 heteroatoms. The Balaban J connectivity index is 1.57. The zero-order valence-corrected chi connectivity index (χ0v) is 17.9. The van der Waals surface area contributed by atoms with Gasteiger partial charge < -0.3 is 15.6 Å². The number of fused-ring (bicyclic) bond motifs is 1. The van der Waals surface area contributed by atoms with Crippen LogP contribution in [0.25, 0.3) is 33.5 Å². The number of piperidine rings is 1. The summed E-state index contributed by atoms with van der Waals surface area (Å²) in [6, 6.07) is 3.63. The van der Waals surface area contributed by atoms with E-state index in [1.807, 2.05) is 12.3 Å².